The summed E-state index contributed by atoms with van der Waals surface area (Å²) in [5.74, 6) is 0.330. The first-order valence-corrected chi connectivity index (χ1v) is 9.70. The molecule has 0 fully saturated rings. The van der Waals surface area contributed by atoms with Gasteiger partial charge in [0.1, 0.15) is 6.04 Å². The molecule has 2 aromatic carbocycles. The van der Waals surface area contributed by atoms with E-state index >= 15 is 0 Å². The van der Waals surface area contributed by atoms with E-state index in [-0.39, 0.29) is 11.8 Å². The predicted octanol–water partition coefficient (Wildman–Crippen LogP) is 3.94. The maximum atomic E-state index is 12.5. The van der Waals surface area contributed by atoms with Crippen molar-refractivity contribution in [3.63, 3.8) is 0 Å². The highest BCUT2D eigenvalue weighted by Crippen LogP contribution is 2.15. The van der Waals surface area contributed by atoms with E-state index in [1.165, 1.54) is 0 Å². The molecule has 0 bridgehead atoms. The third-order valence-corrected chi connectivity index (χ3v) is 4.55. The van der Waals surface area contributed by atoms with Crippen LogP contribution < -0.4 is 10.6 Å². The van der Waals surface area contributed by atoms with Crippen molar-refractivity contribution in [3.05, 3.63) is 64.6 Å². The van der Waals surface area contributed by atoms with Crippen molar-refractivity contribution >= 4 is 45.2 Å². The number of carbonyl (C=O) groups is 2. The zero-order valence-electron chi connectivity index (χ0n) is 13.3. The van der Waals surface area contributed by atoms with Gasteiger partial charge in [-0.2, -0.15) is 11.8 Å². The average Bonchev–Trinajstić information content (AvgIpc) is 2.61. The molecule has 0 aliphatic rings. The molecule has 2 N–H and O–H groups in total. The molecule has 0 aliphatic carbocycles. The fourth-order valence-electron chi connectivity index (χ4n) is 2.10. The second kappa shape index (κ2) is 9.49. The van der Waals surface area contributed by atoms with Crippen molar-refractivity contribution in [3.8, 4) is 0 Å². The molecule has 0 aromatic heterocycles. The first-order valence-electron chi connectivity index (χ1n) is 7.51. The Morgan fingerprint density at radius 3 is 2.38 bits per heavy atom. The van der Waals surface area contributed by atoms with Crippen LogP contribution in [0.5, 0.6) is 0 Å². The van der Waals surface area contributed by atoms with Crippen LogP contribution >= 0.6 is 27.7 Å². The Hall–Kier alpha value is -1.79. The summed E-state index contributed by atoms with van der Waals surface area (Å²) in [5.41, 5.74) is 1.24. The molecule has 126 valence electrons. The van der Waals surface area contributed by atoms with Crippen LogP contribution in [-0.4, -0.2) is 29.9 Å². The molecular weight excluding hydrogens is 388 g/mol. The smallest absolute Gasteiger partial charge is 0.251 e. The maximum absolute atomic E-state index is 12.5. The molecule has 2 rings (SSSR count). The molecule has 0 heterocycles. The van der Waals surface area contributed by atoms with Crippen molar-refractivity contribution in [2.45, 2.75) is 12.5 Å². The third-order valence-electron chi connectivity index (χ3n) is 3.38. The van der Waals surface area contributed by atoms with Crippen molar-refractivity contribution < 1.29 is 9.59 Å². The summed E-state index contributed by atoms with van der Waals surface area (Å²) in [4.78, 5) is 24.8. The number of carbonyl (C=O) groups excluding carboxylic acids is 2. The summed E-state index contributed by atoms with van der Waals surface area (Å²) < 4.78 is 0.941. The first-order chi connectivity index (χ1) is 11.6. The molecule has 0 radical (unpaired) electrons. The van der Waals surface area contributed by atoms with Gasteiger partial charge in [-0.1, -0.05) is 34.1 Å². The number of benzene rings is 2. The lowest BCUT2D eigenvalue weighted by Gasteiger charge is -2.18. The molecule has 0 aliphatic heterocycles. The summed E-state index contributed by atoms with van der Waals surface area (Å²) in [5, 5.41) is 5.68. The Labute approximate surface area is 154 Å². The molecule has 0 saturated heterocycles. The van der Waals surface area contributed by atoms with Gasteiger partial charge in [-0.05, 0) is 54.8 Å². The van der Waals surface area contributed by atoms with Crippen molar-refractivity contribution in [1.82, 2.24) is 5.32 Å². The van der Waals surface area contributed by atoms with E-state index < -0.39 is 6.04 Å². The molecule has 6 heteroatoms. The van der Waals surface area contributed by atoms with Crippen LogP contribution in [0.15, 0.2) is 59.1 Å². The number of hydrogen-bond donors (Lipinski definition) is 2. The van der Waals surface area contributed by atoms with Crippen LogP contribution in [0, 0.1) is 0 Å². The van der Waals surface area contributed by atoms with E-state index in [4.69, 9.17) is 0 Å². The highest BCUT2D eigenvalue weighted by Gasteiger charge is 2.21. The summed E-state index contributed by atoms with van der Waals surface area (Å²) in [7, 11) is 0. The largest absolute Gasteiger partial charge is 0.340 e. The number of thioether (sulfide) groups is 1. The lowest BCUT2D eigenvalue weighted by atomic mass is 10.1. The number of nitrogens with one attached hydrogen (secondary N) is 2. The van der Waals surface area contributed by atoms with Crippen LogP contribution in [0.1, 0.15) is 16.8 Å². The van der Waals surface area contributed by atoms with Crippen molar-refractivity contribution in [1.29, 1.82) is 0 Å². The number of hydrogen-bond acceptors (Lipinski definition) is 3. The van der Waals surface area contributed by atoms with E-state index in [0.717, 1.165) is 10.2 Å². The van der Waals surface area contributed by atoms with Crippen LogP contribution in [0.2, 0.25) is 0 Å². The molecule has 24 heavy (non-hydrogen) atoms. The van der Waals surface area contributed by atoms with Gasteiger partial charge in [-0.15, -0.1) is 0 Å². The van der Waals surface area contributed by atoms with Gasteiger partial charge >= 0.3 is 0 Å². The average molecular weight is 407 g/mol. The lowest BCUT2D eigenvalue weighted by molar-refractivity contribution is -0.118. The molecule has 0 unspecified atom stereocenters. The topological polar surface area (TPSA) is 58.2 Å². The fourth-order valence-corrected chi connectivity index (χ4v) is 2.83. The third kappa shape index (κ3) is 5.69. The molecule has 1 atom stereocenters. The standard InChI is InChI=1S/C18H19BrN2O2S/c1-24-12-11-16(21-17(22)13-5-3-2-4-6-13)18(23)20-15-9-7-14(19)8-10-15/h2-10,16H,11-12H2,1H3,(H,20,23)(H,21,22)/t16-/m0/s1. The fraction of sp³-hybridized carbons (Fsp3) is 0.222. The van der Waals surface area contributed by atoms with Gasteiger partial charge < -0.3 is 10.6 Å². The van der Waals surface area contributed by atoms with Crippen LogP contribution in [-0.2, 0) is 4.79 Å². The van der Waals surface area contributed by atoms with Crippen molar-refractivity contribution in [2.24, 2.45) is 0 Å². The molecule has 2 aromatic rings. The Kier molecular flexibility index (Phi) is 7.34. The van der Waals surface area contributed by atoms with Crippen LogP contribution in [0.4, 0.5) is 5.69 Å². The minimum atomic E-state index is -0.575. The zero-order valence-corrected chi connectivity index (χ0v) is 15.7. The minimum absolute atomic E-state index is 0.212. The summed E-state index contributed by atoms with van der Waals surface area (Å²) in [6, 6.07) is 15.7. The van der Waals surface area contributed by atoms with Gasteiger partial charge in [0.15, 0.2) is 0 Å². The lowest BCUT2D eigenvalue weighted by Crippen LogP contribution is -2.44. The normalized spacial score (nSPS) is 11.6. The number of halogens is 1. The summed E-state index contributed by atoms with van der Waals surface area (Å²) >= 11 is 5.00. The van der Waals surface area contributed by atoms with Gasteiger partial charge in [0.25, 0.3) is 5.91 Å². The van der Waals surface area contributed by atoms with E-state index in [0.29, 0.717) is 17.7 Å². The molecule has 0 saturated carbocycles. The molecule has 4 nitrogen and oxygen atoms in total. The van der Waals surface area contributed by atoms with E-state index in [1.54, 1.807) is 36.0 Å². The minimum Gasteiger partial charge on any atom is -0.340 e. The highest BCUT2D eigenvalue weighted by molar-refractivity contribution is 9.10. The summed E-state index contributed by atoms with van der Waals surface area (Å²) in [6.07, 6.45) is 2.55. The Morgan fingerprint density at radius 1 is 1.08 bits per heavy atom. The monoisotopic (exact) mass is 406 g/mol. The van der Waals surface area contributed by atoms with Gasteiger partial charge in [0, 0.05) is 15.7 Å². The number of amides is 2. The zero-order chi connectivity index (χ0) is 17.4. The Balaban J connectivity index is 2.04. The van der Waals surface area contributed by atoms with Crippen LogP contribution in [0.25, 0.3) is 0 Å². The van der Waals surface area contributed by atoms with E-state index in [2.05, 4.69) is 26.6 Å². The predicted molar refractivity (Wildman–Crippen MR) is 103 cm³/mol. The van der Waals surface area contributed by atoms with E-state index in [1.807, 2.05) is 36.6 Å². The van der Waals surface area contributed by atoms with Gasteiger partial charge in [0.2, 0.25) is 5.91 Å². The van der Waals surface area contributed by atoms with E-state index in [9.17, 15) is 9.59 Å². The second-order valence-electron chi connectivity index (χ2n) is 5.17. The van der Waals surface area contributed by atoms with Crippen molar-refractivity contribution in [2.75, 3.05) is 17.3 Å². The quantitative estimate of drug-likeness (QED) is 0.731. The number of anilines is 1. The van der Waals surface area contributed by atoms with Gasteiger partial charge in [0.05, 0.1) is 0 Å². The first kappa shape index (κ1) is 18.5. The van der Waals surface area contributed by atoms with Crippen LogP contribution in [0.3, 0.4) is 0 Å². The second-order valence-corrected chi connectivity index (χ2v) is 7.07. The Morgan fingerprint density at radius 2 is 1.75 bits per heavy atom. The van der Waals surface area contributed by atoms with Gasteiger partial charge in [-0.3, -0.25) is 9.59 Å². The highest BCUT2D eigenvalue weighted by atomic mass is 79.9. The number of rotatable bonds is 7. The molecule has 2 amide bonds. The van der Waals surface area contributed by atoms with Gasteiger partial charge in [-0.25, -0.2) is 0 Å². The summed E-state index contributed by atoms with van der Waals surface area (Å²) in [6.45, 7) is 0. The SMILES string of the molecule is CSCC[C@H](NC(=O)c1ccccc1)C(=O)Nc1ccc(Br)cc1. The maximum Gasteiger partial charge on any atom is 0.251 e. The molecular formula is C18H19BrN2O2S. The Bertz CT molecular complexity index is 677. The molecule has 0 spiro atoms.